The van der Waals surface area contributed by atoms with Crippen molar-refractivity contribution >= 4 is 33.0 Å². The number of aldehydes is 2. The molecule has 56 heavy (non-hydrogen) atoms. The maximum Gasteiger partial charge on any atom is 0.237 e. The number of fused-ring (bicyclic) bond motifs is 1. The molecule has 0 bridgehead atoms. The van der Waals surface area contributed by atoms with Gasteiger partial charge in [0, 0.05) is 36.0 Å². The molecule has 2 aliphatic rings. The topological polar surface area (TPSA) is 152 Å². The minimum atomic E-state index is -1.85. The number of halogens is 4. The summed E-state index contributed by atoms with van der Waals surface area (Å²) < 4.78 is 55.8. The highest BCUT2D eigenvalue weighted by molar-refractivity contribution is 7.27. The number of ether oxygens (including phenoxy) is 1. The molecule has 1 aromatic rings. The molecule has 320 valence electrons. The van der Waals surface area contributed by atoms with Crippen LogP contribution in [0.1, 0.15) is 80.1 Å². The summed E-state index contributed by atoms with van der Waals surface area (Å²) in [5.41, 5.74) is 2.93. The zero-order chi connectivity index (χ0) is 43.0. The van der Waals surface area contributed by atoms with E-state index in [2.05, 4.69) is 38.2 Å². The Bertz CT molecular complexity index is 1380. The Morgan fingerprint density at radius 2 is 1.64 bits per heavy atom. The molecule has 1 amide bonds. The number of likely N-dealkylation sites (N-methyl/N-ethyl adjacent to an activating group) is 2. The van der Waals surface area contributed by atoms with E-state index in [0.29, 0.717) is 24.9 Å². The monoisotopic (exact) mass is 819 g/mol. The van der Waals surface area contributed by atoms with E-state index >= 15 is 0 Å². The van der Waals surface area contributed by atoms with Gasteiger partial charge in [-0.15, -0.1) is 0 Å². The number of hydrogen-bond acceptors (Lipinski definition) is 10. The summed E-state index contributed by atoms with van der Waals surface area (Å²) in [6.07, 6.45) is 15.0. The molecule has 11 nitrogen and oxygen atoms in total. The number of aliphatic hydroxyl groups excluding tert-OH is 1. The van der Waals surface area contributed by atoms with Crippen LogP contribution in [0.3, 0.4) is 0 Å². The summed E-state index contributed by atoms with van der Waals surface area (Å²) in [5.74, 6) is -6.39. The molecule has 6 atom stereocenters. The smallest absolute Gasteiger partial charge is 0.237 e. The highest BCUT2D eigenvalue weighted by atomic mass is 31.0. The first-order valence-corrected chi connectivity index (χ1v) is 19.5. The molecule has 1 heterocycles. The van der Waals surface area contributed by atoms with E-state index in [1.54, 1.807) is 22.4 Å². The van der Waals surface area contributed by atoms with Crippen molar-refractivity contribution in [2.45, 2.75) is 110 Å². The molecule has 1 aliphatic heterocycles. The molecule has 3 rings (SSSR count). The number of rotatable bonds is 15. The normalized spacial score (nSPS) is 19.5. The Morgan fingerprint density at radius 3 is 2.11 bits per heavy atom. The van der Waals surface area contributed by atoms with Crippen molar-refractivity contribution in [3.8, 4) is 5.75 Å². The van der Waals surface area contributed by atoms with Crippen molar-refractivity contribution in [3.63, 3.8) is 0 Å². The zero-order valence-electron chi connectivity index (χ0n) is 34.3. The molecule has 0 aromatic heterocycles. The average Bonchev–Trinajstić information content (AvgIpc) is 3.16. The fourth-order valence-corrected chi connectivity index (χ4v) is 6.37. The second-order valence-electron chi connectivity index (χ2n) is 14.9. The van der Waals surface area contributed by atoms with E-state index in [4.69, 9.17) is 5.21 Å². The van der Waals surface area contributed by atoms with Crippen LogP contribution in [0, 0.1) is 35.1 Å². The van der Waals surface area contributed by atoms with Gasteiger partial charge in [0.25, 0.3) is 0 Å². The number of amides is 1. The van der Waals surface area contributed by atoms with Gasteiger partial charge in [0.1, 0.15) is 12.9 Å². The summed E-state index contributed by atoms with van der Waals surface area (Å²) in [5, 5.41) is 27.4. The van der Waals surface area contributed by atoms with Gasteiger partial charge in [-0.05, 0) is 86.7 Å². The van der Waals surface area contributed by atoms with Gasteiger partial charge in [0.05, 0.1) is 18.7 Å². The third-order valence-electron chi connectivity index (χ3n) is 8.93. The molecular weight excluding hydrogens is 753 g/mol. The maximum atomic E-state index is 13.2. The lowest BCUT2D eigenvalue weighted by Crippen LogP contribution is -2.59. The van der Waals surface area contributed by atoms with Gasteiger partial charge in [-0.25, -0.2) is 18.7 Å². The first kappa shape index (κ1) is 53.0. The molecule has 0 spiro atoms. The average molecular weight is 820 g/mol. The molecule has 1 aliphatic carbocycles. The molecule has 0 radical (unpaired) electrons. The number of aliphatic hydroxyl groups is 1. The third kappa shape index (κ3) is 19.4. The fourth-order valence-electron chi connectivity index (χ4n) is 6.11. The lowest BCUT2D eigenvalue weighted by Gasteiger charge is -2.47. The molecule has 1 saturated heterocycles. The fraction of sp³-hybridized carbons (Fsp3) is 0.625. The van der Waals surface area contributed by atoms with Crippen molar-refractivity contribution in [1.82, 2.24) is 26.3 Å². The Kier molecular flexibility index (Phi) is 26.8. The number of nitrogens with zero attached hydrogens (tertiary/aromatic N) is 1. The summed E-state index contributed by atoms with van der Waals surface area (Å²) in [4.78, 5) is 34.7. The van der Waals surface area contributed by atoms with Crippen molar-refractivity contribution < 1.29 is 47.0 Å². The predicted octanol–water partition coefficient (Wildman–Crippen LogP) is 4.91. The van der Waals surface area contributed by atoms with Crippen LogP contribution in [0.15, 0.2) is 36.5 Å². The molecule has 1 aromatic carbocycles. The maximum absolute atomic E-state index is 13.2. The first-order valence-electron chi connectivity index (χ1n) is 18.9. The molecule has 6 N–H and O–H groups in total. The summed E-state index contributed by atoms with van der Waals surface area (Å²) in [6.45, 7) is 16.8. The quantitative estimate of drug-likeness (QED) is 0.0274. The number of carbonyl (C=O) groups is 3. The van der Waals surface area contributed by atoms with Gasteiger partial charge in [-0.2, -0.15) is 4.39 Å². The molecule has 1 saturated carbocycles. The summed E-state index contributed by atoms with van der Waals surface area (Å²) >= 11 is 0. The van der Waals surface area contributed by atoms with E-state index in [1.165, 1.54) is 25.7 Å². The molecule has 2 fully saturated rings. The number of allylic oxidation sites excluding steroid dienone is 4. The number of benzene rings is 1. The minimum Gasteiger partial charge on any atom is -0.480 e. The number of likely N-dealkylation sites (tertiary alicyclic amines) is 1. The van der Waals surface area contributed by atoms with Crippen molar-refractivity contribution in [3.05, 3.63) is 59.7 Å². The number of hydroxylamine groups is 1. The summed E-state index contributed by atoms with van der Waals surface area (Å²) in [7, 11) is 5.21. The minimum absolute atomic E-state index is 0.0731. The second kappa shape index (κ2) is 28.4. The zero-order valence-corrected chi connectivity index (χ0v) is 35.4. The Hall–Kier alpha value is -3.04. The van der Waals surface area contributed by atoms with Crippen molar-refractivity contribution in [1.29, 1.82) is 0 Å². The Labute approximate surface area is 333 Å². The molecular formula is C40H66F4N5O6P. The molecule has 16 heteroatoms. The standard InChI is InChI=1S/C26H45N3O2.C8H5F4O2P.C3H7NO.C3H9NO/c1-7-9-12-19(8-2)15-22(27-6)24(30)18-29-17-21-14-11-10-13-20(21)16-23(29)25(31)28-26(3,4)5;9-3-4(10)7(14-2-1-13)6(12)8(15)5(3)11;1-4-2-3-5;1-3(2)4-5/h7-9,12,20-24,27,30H,1,10-11,13-18H2,2-6H3,(H,28,31);1H,2,15H2;3-4H,2H2,1H3;3-5H,1-2H3/b12-9-,19-8+;;;. The summed E-state index contributed by atoms with van der Waals surface area (Å²) in [6, 6.07) is -0.0429. The van der Waals surface area contributed by atoms with Gasteiger partial charge < -0.3 is 35.8 Å². The predicted molar refractivity (Wildman–Crippen MR) is 217 cm³/mol. The lowest BCUT2D eigenvalue weighted by molar-refractivity contribution is -0.132. The second-order valence-corrected chi connectivity index (χ2v) is 15.4. The Morgan fingerprint density at radius 1 is 1.04 bits per heavy atom. The van der Waals surface area contributed by atoms with Crippen LogP contribution in [0.5, 0.6) is 5.75 Å². The number of nitrogens with one attached hydrogen (secondary N) is 4. The number of piperidine rings is 1. The van der Waals surface area contributed by atoms with E-state index in [9.17, 15) is 37.1 Å². The largest absolute Gasteiger partial charge is 0.480 e. The van der Waals surface area contributed by atoms with Crippen LogP contribution < -0.4 is 31.5 Å². The third-order valence-corrected chi connectivity index (χ3v) is 9.44. The Balaban J connectivity index is 0.000000991. The number of β-amino-alcohol motifs (C(OH)–C–C–N with tert-alkyl or cyclic N) is 1. The van der Waals surface area contributed by atoms with E-state index in [0.717, 1.165) is 31.2 Å². The van der Waals surface area contributed by atoms with Crippen LogP contribution in [-0.2, 0) is 14.4 Å². The van der Waals surface area contributed by atoms with Gasteiger partial charge in [0.2, 0.25) is 11.7 Å². The van der Waals surface area contributed by atoms with Gasteiger partial charge in [-0.1, -0.05) is 65.0 Å². The number of hydrogen-bond donors (Lipinski definition) is 6. The molecule has 6 unspecified atom stereocenters. The van der Waals surface area contributed by atoms with E-state index < -0.39 is 47.0 Å². The van der Waals surface area contributed by atoms with Crippen LogP contribution >= 0.6 is 9.24 Å². The number of carbonyl (C=O) groups excluding carboxylic acids is 3. The van der Waals surface area contributed by atoms with Crippen LogP contribution in [0.2, 0.25) is 0 Å². The highest BCUT2D eigenvalue weighted by Crippen LogP contribution is 2.39. The lowest BCUT2D eigenvalue weighted by atomic mass is 9.72. The van der Waals surface area contributed by atoms with Gasteiger partial charge in [0.15, 0.2) is 29.5 Å². The van der Waals surface area contributed by atoms with Crippen LogP contribution in [0.4, 0.5) is 17.6 Å². The van der Waals surface area contributed by atoms with Crippen molar-refractivity contribution in [2.24, 2.45) is 11.8 Å². The van der Waals surface area contributed by atoms with Crippen LogP contribution in [0.25, 0.3) is 0 Å². The SMILES string of the molecule is C=C/C=C\C(=C/C)CC(NC)C(O)CN1CC2CCCCC2CC1C(=O)NC(C)(C)C.CC(C)NO.CNCC=O.O=CCOc1c(F)c(F)c(F)c(P)c1F. The first-order chi connectivity index (χ1) is 26.4. The van der Waals surface area contributed by atoms with Gasteiger partial charge >= 0.3 is 0 Å². The van der Waals surface area contributed by atoms with E-state index in [-0.39, 0.29) is 35.9 Å². The van der Waals surface area contributed by atoms with Crippen molar-refractivity contribution in [2.75, 3.05) is 40.3 Å². The van der Waals surface area contributed by atoms with E-state index in [1.807, 2.05) is 66.2 Å². The highest BCUT2D eigenvalue weighted by Gasteiger charge is 2.41. The van der Waals surface area contributed by atoms with Crippen LogP contribution in [-0.4, -0.2) is 104 Å². The van der Waals surface area contributed by atoms with Gasteiger partial charge in [-0.3, -0.25) is 14.5 Å².